The fraction of sp³-hybridized carbons (Fsp3) is 0.182. The molecule has 146 valence electrons. The van der Waals surface area contributed by atoms with Crippen LogP contribution in [0.3, 0.4) is 0 Å². The number of benzene rings is 2. The fourth-order valence-corrected chi connectivity index (χ4v) is 3.28. The lowest BCUT2D eigenvalue weighted by molar-refractivity contribution is -0.121. The number of nitrogens with one attached hydrogen (secondary N) is 1. The average Bonchev–Trinajstić information content (AvgIpc) is 3.18. The molecule has 7 heteroatoms. The highest BCUT2D eigenvalue weighted by molar-refractivity contribution is 5.81. The topological polar surface area (TPSA) is 81.8 Å². The lowest BCUT2D eigenvalue weighted by Crippen LogP contribution is -2.31. The van der Waals surface area contributed by atoms with E-state index >= 15 is 0 Å². The van der Waals surface area contributed by atoms with Gasteiger partial charge in [-0.15, -0.1) is 0 Å². The van der Waals surface area contributed by atoms with Gasteiger partial charge in [-0.2, -0.15) is 5.10 Å². The first-order valence-electron chi connectivity index (χ1n) is 9.46. The number of amides is 1. The Balaban J connectivity index is 1.35. The summed E-state index contributed by atoms with van der Waals surface area (Å²) in [5.74, 6) is 0.758. The third-order valence-corrected chi connectivity index (χ3v) is 4.72. The normalized spacial score (nSPS) is 10.9. The molecule has 0 radical (unpaired) electrons. The Morgan fingerprint density at radius 3 is 2.69 bits per heavy atom. The monoisotopic (exact) mass is 387 g/mol. The van der Waals surface area contributed by atoms with Gasteiger partial charge in [-0.3, -0.25) is 14.3 Å². The predicted octanol–water partition coefficient (Wildman–Crippen LogP) is 2.00. The number of carbonyl (C=O) groups is 1. The number of rotatable bonds is 7. The minimum absolute atomic E-state index is 0.0548. The van der Waals surface area contributed by atoms with Crippen LogP contribution in [0.5, 0.6) is 0 Å². The maximum atomic E-state index is 12.4. The molecule has 0 unspecified atom stereocenters. The molecule has 0 spiro atoms. The van der Waals surface area contributed by atoms with Gasteiger partial charge in [0.05, 0.1) is 11.7 Å². The van der Waals surface area contributed by atoms with Gasteiger partial charge in [-0.25, -0.2) is 4.98 Å². The summed E-state index contributed by atoms with van der Waals surface area (Å²) in [6, 6.07) is 17.3. The van der Waals surface area contributed by atoms with Gasteiger partial charge in [0, 0.05) is 37.3 Å². The second-order valence-corrected chi connectivity index (χ2v) is 6.74. The Kier molecular flexibility index (Phi) is 5.47. The van der Waals surface area contributed by atoms with Gasteiger partial charge >= 0.3 is 0 Å². The molecule has 29 heavy (non-hydrogen) atoms. The van der Waals surface area contributed by atoms with E-state index in [2.05, 4.69) is 32.1 Å². The largest absolute Gasteiger partial charge is 0.354 e. The van der Waals surface area contributed by atoms with Crippen molar-refractivity contribution < 1.29 is 4.79 Å². The van der Waals surface area contributed by atoms with Crippen molar-refractivity contribution in [1.29, 1.82) is 0 Å². The minimum Gasteiger partial charge on any atom is -0.354 e. The summed E-state index contributed by atoms with van der Waals surface area (Å²) in [6.07, 6.45) is 5.59. The SMILES string of the molecule is O=C(Cn1ncc(=O)c2ccccc21)NCCc1nccn1Cc1ccccc1. The maximum absolute atomic E-state index is 12.4. The Hall–Kier alpha value is -3.74. The molecule has 0 atom stereocenters. The number of imidazole rings is 1. The molecule has 0 bridgehead atoms. The van der Waals surface area contributed by atoms with Crippen LogP contribution in [-0.2, 0) is 24.3 Å². The van der Waals surface area contributed by atoms with Crippen molar-refractivity contribution >= 4 is 16.8 Å². The predicted molar refractivity (Wildman–Crippen MR) is 110 cm³/mol. The van der Waals surface area contributed by atoms with Crippen LogP contribution < -0.4 is 10.7 Å². The first kappa shape index (κ1) is 18.6. The quantitative estimate of drug-likeness (QED) is 0.526. The third kappa shape index (κ3) is 4.40. The molecule has 0 fully saturated rings. The van der Waals surface area contributed by atoms with Gasteiger partial charge in [0.15, 0.2) is 0 Å². The van der Waals surface area contributed by atoms with E-state index in [4.69, 9.17) is 0 Å². The Bertz CT molecular complexity index is 1180. The summed E-state index contributed by atoms with van der Waals surface area (Å²) in [5.41, 5.74) is 1.70. The first-order valence-corrected chi connectivity index (χ1v) is 9.46. The summed E-state index contributed by atoms with van der Waals surface area (Å²) in [7, 11) is 0. The van der Waals surface area contributed by atoms with Crippen LogP contribution in [-0.4, -0.2) is 31.8 Å². The number of fused-ring (bicyclic) bond motifs is 1. The summed E-state index contributed by atoms with van der Waals surface area (Å²) in [6.45, 7) is 1.28. The standard InChI is InChI=1S/C22H21N5O2/c28-20-14-25-27(19-9-5-4-8-18(19)20)16-22(29)24-11-10-21-23-12-13-26(21)15-17-6-2-1-3-7-17/h1-9,12-14H,10-11,15-16H2,(H,24,29). The molecule has 1 N–H and O–H groups in total. The highest BCUT2D eigenvalue weighted by Gasteiger charge is 2.09. The van der Waals surface area contributed by atoms with Crippen LogP contribution in [0.25, 0.3) is 10.9 Å². The molecule has 0 aliphatic rings. The van der Waals surface area contributed by atoms with Crippen LogP contribution >= 0.6 is 0 Å². The Morgan fingerprint density at radius 2 is 1.83 bits per heavy atom. The molecular weight excluding hydrogens is 366 g/mol. The minimum atomic E-state index is -0.160. The molecule has 4 aromatic rings. The van der Waals surface area contributed by atoms with Crippen LogP contribution in [0, 0.1) is 0 Å². The van der Waals surface area contributed by atoms with Crippen molar-refractivity contribution in [2.24, 2.45) is 0 Å². The zero-order chi connectivity index (χ0) is 20.1. The molecule has 2 aromatic carbocycles. The zero-order valence-electron chi connectivity index (χ0n) is 15.9. The van der Waals surface area contributed by atoms with Gasteiger partial charge in [-0.05, 0) is 17.7 Å². The second-order valence-electron chi connectivity index (χ2n) is 6.74. The fourth-order valence-electron chi connectivity index (χ4n) is 3.28. The van der Waals surface area contributed by atoms with Crippen LogP contribution in [0.1, 0.15) is 11.4 Å². The van der Waals surface area contributed by atoms with E-state index in [0.29, 0.717) is 23.9 Å². The number of para-hydroxylation sites is 1. The van der Waals surface area contributed by atoms with E-state index in [9.17, 15) is 9.59 Å². The van der Waals surface area contributed by atoms with Gasteiger partial charge in [0.25, 0.3) is 0 Å². The summed E-state index contributed by atoms with van der Waals surface area (Å²) < 4.78 is 3.63. The number of hydrogen-bond acceptors (Lipinski definition) is 4. The first-order chi connectivity index (χ1) is 14.2. The highest BCUT2D eigenvalue weighted by atomic mass is 16.2. The van der Waals surface area contributed by atoms with Crippen molar-refractivity contribution in [1.82, 2.24) is 24.6 Å². The van der Waals surface area contributed by atoms with Gasteiger partial charge in [0.2, 0.25) is 11.3 Å². The Morgan fingerprint density at radius 1 is 1.03 bits per heavy atom. The van der Waals surface area contributed by atoms with Gasteiger partial charge < -0.3 is 9.88 Å². The maximum Gasteiger partial charge on any atom is 0.241 e. The number of hydrogen-bond donors (Lipinski definition) is 1. The third-order valence-electron chi connectivity index (χ3n) is 4.72. The van der Waals surface area contributed by atoms with E-state index in [1.165, 1.54) is 11.8 Å². The number of carbonyl (C=O) groups excluding carboxylic acids is 1. The molecular formula is C22H21N5O2. The van der Waals surface area contributed by atoms with Crippen molar-refractivity contribution in [3.63, 3.8) is 0 Å². The van der Waals surface area contributed by atoms with Gasteiger partial charge in [0.1, 0.15) is 12.4 Å². The molecule has 0 saturated carbocycles. The summed E-state index contributed by atoms with van der Waals surface area (Å²) >= 11 is 0. The molecule has 0 aliphatic carbocycles. The van der Waals surface area contributed by atoms with E-state index in [1.54, 1.807) is 29.1 Å². The van der Waals surface area contributed by atoms with Crippen molar-refractivity contribution in [3.05, 3.63) is 94.8 Å². The number of aromatic nitrogens is 4. The van der Waals surface area contributed by atoms with E-state index in [0.717, 1.165) is 12.4 Å². The van der Waals surface area contributed by atoms with E-state index in [-0.39, 0.29) is 17.9 Å². The number of nitrogens with zero attached hydrogens (tertiary/aromatic N) is 4. The highest BCUT2D eigenvalue weighted by Crippen LogP contribution is 2.08. The molecule has 2 heterocycles. The van der Waals surface area contributed by atoms with Crippen LogP contribution in [0.15, 0.2) is 78.0 Å². The Labute approximate surface area is 167 Å². The van der Waals surface area contributed by atoms with Crippen LogP contribution in [0.2, 0.25) is 0 Å². The van der Waals surface area contributed by atoms with Crippen LogP contribution in [0.4, 0.5) is 0 Å². The molecule has 1 amide bonds. The molecule has 4 rings (SSSR count). The molecule has 7 nitrogen and oxygen atoms in total. The van der Waals surface area contributed by atoms with Crippen molar-refractivity contribution in [2.75, 3.05) is 6.54 Å². The summed E-state index contributed by atoms with van der Waals surface area (Å²) in [4.78, 5) is 28.7. The van der Waals surface area contributed by atoms with Crippen molar-refractivity contribution in [2.45, 2.75) is 19.5 Å². The van der Waals surface area contributed by atoms with Crippen molar-refractivity contribution in [3.8, 4) is 0 Å². The molecule has 2 aromatic heterocycles. The lowest BCUT2D eigenvalue weighted by Gasteiger charge is -2.11. The second kappa shape index (κ2) is 8.52. The van der Waals surface area contributed by atoms with E-state index < -0.39 is 0 Å². The smallest absolute Gasteiger partial charge is 0.241 e. The van der Waals surface area contributed by atoms with Gasteiger partial charge in [-0.1, -0.05) is 42.5 Å². The lowest BCUT2D eigenvalue weighted by atomic mass is 10.2. The van der Waals surface area contributed by atoms with E-state index in [1.807, 2.05) is 30.5 Å². The average molecular weight is 387 g/mol. The molecule has 0 aliphatic heterocycles. The zero-order valence-corrected chi connectivity index (χ0v) is 15.9. The molecule has 0 saturated heterocycles. The summed E-state index contributed by atoms with van der Waals surface area (Å²) in [5, 5.41) is 7.55.